The number of anilines is 1. The number of carbonyl (C=O) groups is 3. The van der Waals surface area contributed by atoms with E-state index in [1.54, 1.807) is 6.92 Å². The Kier molecular flexibility index (Phi) is 4.52. The van der Waals surface area contributed by atoms with Gasteiger partial charge in [0.2, 0.25) is 0 Å². The zero-order chi connectivity index (χ0) is 16.5. The molecule has 1 aromatic rings. The van der Waals surface area contributed by atoms with Crippen LogP contribution in [0.2, 0.25) is 0 Å². The van der Waals surface area contributed by atoms with Crippen LogP contribution in [0.15, 0.2) is 0 Å². The van der Waals surface area contributed by atoms with Gasteiger partial charge in [-0.05, 0) is 26.3 Å². The molecule has 0 saturated heterocycles. The lowest BCUT2D eigenvalue weighted by molar-refractivity contribution is -0.134. The summed E-state index contributed by atoms with van der Waals surface area (Å²) in [4.78, 5) is 35.5. The fraction of sp³-hybridized carbons (Fsp3) is 0.500. The van der Waals surface area contributed by atoms with Crippen molar-refractivity contribution in [3.63, 3.8) is 0 Å². The third kappa shape index (κ3) is 3.28. The van der Waals surface area contributed by atoms with E-state index in [-0.39, 0.29) is 17.2 Å². The molecule has 120 valence electrons. The van der Waals surface area contributed by atoms with E-state index in [4.69, 9.17) is 15.2 Å². The summed E-state index contributed by atoms with van der Waals surface area (Å²) in [6.45, 7) is 6.10. The topological polar surface area (TPSA) is 108 Å². The summed E-state index contributed by atoms with van der Waals surface area (Å²) < 4.78 is 10.8. The molecule has 2 heterocycles. The van der Waals surface area contributed by atoms with Crippen molar-refractivity contribution in [2.24, 2.45) is 5.73 Å². The summed E-state index contributed by atoms with van der Waals surface area (Å²) in [5.74, 6) is -2.61. The fourth-order valence-corrected chi connectivity index (χ4v) is 3.34. The van der Waals surface area contributed by atoms with Crippen molar-refractivity contribution in [1.82, 2.24) is 0 Å². The van der Waals surface area contributed by atoms with Crippen LogP contribution in [0, 0.1) is 0 Å². The van der Waals surface area contributed by atoms with Crippen LogP contribution in [-0.2, 0) is 32.1 Å². The molecule has 2 amide bonds. The number of amides is 2. The second-order valence-electron chi connectivity index (χ2n) is 5.47. The van der Waals surface area contributed by atoms with Gasteiger partial charge in [-0.3, -0.25) is 9.59 Å². The average molecular weight is 326 g/mol. The molecule has 1 aromatic heterocycles. The second kappa shape index (κ2) is 6.05. The number of hydrogen-bond donors (Lipinski definition) is 2. The van der Waals surface area contributed by atoms with Crippen LogP contribution in [-0.4, -0.2) is 30.0 Å². The molecule has 0 fully saturated rings. The lowest BCUT2D eigenvalue weighted by atomic mass is 9.93. The van der Waals surface area contributed by atoms with Crippen molar-refractivity contribution in [2.45, 2.75) is 39.4 Å². The Morgan fingerprint density at radius 3 is 2.68 bits per heavy atom. The highest BCUT2D eigenvalue weighted by molar-refractivity contribution is 7.17. The smallest absolute Gasteiger partial charge is 0.341 e. The van der Waals surface area contributed by atoms with Gasteiger partial charge in [0, 0.05) is 11.3 Å². The maximum Gasteiger partial charge on any atom is 0.341 e. The quantitative estimate of drug-likeness (QED) is 0.641. The standard InChI is InChI=1S/C14H18N2O5S/c1-4-20-13(19)9-7-5-14(2,3)21-6-8(7)22-12(9)16-11(18)10(15)17/h4-6H2,1-3H3,(H2,15,17)(H,16,18). The molecule has 1 aliphatic rings. The third-order valence-electron chi connectivity index (χ3n) is 3.22. The molecular formula is C14H18N2O5S. The van der Waals surface area contributed by atoms with Crippen molar-refractivity contribution < 1.29 is 23.9 Å². The zero-order valence-corrected chi connectivity index (χ0v) is 13.5. The number of nitrogens with one attached hydrogen (secondary N) is 1. The molecule has 0 saturated carbocycles. The van der Waals surface area contributed by atoms with Gasteiger partial charge in [0.1, 0.15) is 5.00 Å². The summed E-state index contributed by atoms with van der Waals surface area (Å²) in [6, 6.07) is 0. The van der Waals surface area contributed by atoms with E-state index in [9.17, 15) is 14.4 Å². The van der Waals surface area contributed by atoms with Crippen molar-refractivity contribution in [2.75, 3.05) is 11.9 Å². The number of nitrogens with two attached hydrogens (primary N) is 1. The van der Waals surface area contributed by atoms with Crippen LogP contribution in [0.25, 0.3) is 0 Å². The van der Waals surface area contributed by atoms with Gasteiger partial charge in [0.05, 0.1) is 24.4 Å². The summed E-state index contributed by atoms with van der Waals surface area (Å²) in [5, 5.41) is 2.65. The SMILES string of the molecule is CCOC(=O)c1c(NC(=O)C(N)=O)sc2c1CC(C)(C)OC2. The maximum absolute atomic E-state index is 12.2. The van der Waals surface area contributed by atoms with Crippen LogP contribution < -0.4 is 11.1 Å². The molecule has 0 unspecified atom stereocenters. The monoisotopic (exact) mass is 326 g/mol. The number of carbonyl (C=O) groups excluding carboxylic acids is 3. The zero-order valence-electron chi connectivity index (χ0n) is 12.6. The fourth-order valence-electron chi connectivity index (χ4n) is 2.23. The molecule has 7 nitrogen and oxygen atoms in total. The summed E-state index contributed by atoms with van der Waals surface area (Å²) in [6.07, 6.45) is 0.513. The van der Waals surface area contributed by atoms with Gasteiger partial charge < -0.3 is 20.5 Å². The number of hydrogen-bond acceptors (Lipinski definition) is 6. The minimum absolute atomic E-state index is 0.215. The first-order valence-corrected chi connectivity index (χ1v) is 7.63. The van der Waals surface area contributed by atoms with Crippen molar-refractivity contribution in [1.29, 1.82) is 0 Å². The number of ether oxygens (including phenoxy) is 2. The highest BCUT2D eigenvalue weighted by Crippen LogP contribution is 2.40. The minimum atomic E-state index is -1.11. The van der Waals surface area contributed by atoms with E-state index in [0.29, 0.717) is 13.0 Å². The molecule has 1 aliphatic heterocycles. The Hall–Kier alpha value is -1.93. The van der Waals surface area contributed by atoms with Gasteiger partial charge in [-0.25, -0.2) is 4.79 Å². The van der Waals surface area contributed by atoms with Gasteiger partial charge in [0.25, 0.3) is 0 Å². The first kappa shape index (κ1) is 16.4. The van der Waals surface area contributed by atoms with Gasteiger partial charge in [0.15, 0.2) is 0 Å². The van der Waals surface area contributed by atoms with Crippen molar-refractivity contribution in [3.05, 3.63) is 16.0 Å². The number of fused-ring (bicyclic) bond motifs is 1. The Morgan fingerprint density at radius 1 is 1.41 bits per heavy atom. The summed E-state index contributed by atoms with van der Waals surface area (Å²) in [5.41, 5.74) is 5.61. The lowest BCUT2D eigenvalue weighted by Crippen LogP contribution is -2.32. The van der Waals surface area contributed by atoms with E-state index in [1.165, 1.54) is 11.3 Å². The Morgan fingerprint density at radius 2 is 2.09 bits per heavy atom. The predicted molar refractivity (Wildman–Crippen MR) is 80.7 cm³/mol. The minimum Gasteiger partial charge on any atom is -0.462 e. The highest BCUT2D eigenvalue weighted by atomic mass is 32.1. The van der Waals surface area contributed by atoms with Gasteiger partial charge >= 0.3 is 17.8 Å². The van der Waals surface area contributed by atoms with E-state index in [0.717, 1.165) is 10.4 Å². The molecule has 2 rings (SSSR count). The molecule has 3 N–H and O–H groups in total. The number of rotatable bonds is 3. The maximum atomic E-state index is 12.2. The second-order valence-corrected chi connectivity index (χ2v) is 6.58. The summed E-state index contributed by atoms with van der Waals surface area (Å²) >= 11 is 1.20. The molecule has 0 spiro atoms. The van der Waals surface area contributed by atoms with Crippen molar-refractivity contribution >= 4 is 34.1 Å². The third-order valence-corrected chi connectivity index (χ3v) is 4.34. The van der Waals surface area contributed by atoms with Gasteiger partial charge in [-0.1, -0.05) is 0 Å². The predicted octanol–water partition coefficient (Wildman–Crippen LogP) is 1.20. The Labute approximate surface area is 131 Å². The first-order valence-electron chi connectivity index (χ1n) is 6.81. The number of primary amides is 1. The molecule has 0 radical (unpaired) electrons. The normalized spacial score (nSPS) is 15.8. The average Bonchev–Trinajstić information content (AvgIpc) is 2.74. The molecule has 0 bridgehead atoms. The van der Waals surface area contributed by atoms with Crippen molar-refractivity contribution in [3.8, 4) is 0 Å². The molecular weight excluding hydrogens is 308 g/mol. The number of esters is 1. The van der Waals surface area contributed by atoms with E-state index in [1.807, 2.05) is 13.8 Å². The van der Waals surface area contributed by atoms with E-state index >= 15 is 0 Å². The van der Waals surface area contributed by atoms with Crippen LogP contribution in [0.1, 0.15) is 41.6 Å². The molecule has 22 heavy (non-hydrogen) atoms. The van der Waals surface area contributed by atoms with Crippen LogP contribution >= 0.6 is 11.3 Å². The lowest BCUT2D eigenvalue weighted by Gasteiger charge is -2.30. The largest absolute Gasteiger partial charge is 0.462 e. The Balaban J connectivity index is 2.45. The molecule has 0 aromatic carbocycles. The molecule has 0 atom stereocenters. The first-order chi connectivity index (χ1) is 10.2. The van der Waals surface area contributed by atoms with E-state index in [2.05, 4.69) is 5.32 Å². The van der Waals surface area contributed by atoms with Crippen LogP contribution in [0.5, 0.6) is 0 Å². The Bertz CT molecular complexity index is 635. The highest BCUT2D eigenvalue weighted by Gasteiger charge is 2.34. The van der Waals surface area contributed by atoms with Crippen LogP contribution in [0.4, 0.5) is 5.00 Å². The van der Waals surface area contributed by atoms with E-state index < -0.39 is 23.4 Å². The number of thiophene rings is 1. The molecule has 0 aliphatic carbocycles. The molecule has 8 heteroatoms. The summed E-state index contributed by atoms with van der Waals surface area (Å²) in [7, 11) is 0. The van der Waals surface area contributed by atoms with Gasteiger partial charge in [-0.15, -0.1) is 11.3 Å². The van der Waals surface area contributed by atoms with Crippen LogP contribution in [0.3, 0.4) is 0 Å². The van der Waals surface area contributed by atoms with Gasteiger partial charge in [-0.2, -0.15) is 0 Å².